The first-order valence-corrected chi connectivity index (χ1v) is 9.89. The molecule has 1 aromatic heterocycles. The number of anilines is 1. The number of ether oxygens (including phenoxy) is 2. The number of hydrogen-bond donors (Lipinski definition) is 2. The molecule has 0 radical (unpaired) electrons. The van der Waals surface area contributed by atoms with E-state index in [4.69, 9.17) is 9.47 Å². The summed E-state index contributed by atoms with van der Waals surface area (Å²) in [6, 6.07) is 17.0. The number of nitrogens with zero attached hydrogens (tertiary/aromatic N) is 2. The molecule has 30 heavy (non-hydrogen) atoms. The fraction of sp³-hybridized carbons (Fsp3) is 0.261. The Morgan fingerprint density at radius 3 is 2.63 bits per heavy atom. The third-order valence-electron chi connectivity index (χ3n) is 4.24. The van der Waals surface area contributed by atoms with E-state index in [1.54, 1.807) is 6.21 Å². The molecule has 156 valence electrons. The minimum Gasteiger partial charge on any atom is -0.490 e. The van der Waals surface area contributed by atoms with E-state index < -0.39 is 0 Å². The van der Waals surface area contributed by atoms with Gasteiger partial charge in [0.1, 0.15) is 6.61 Å². The van der Waals surface area contributed by atoms with Crippen molar-refractivity contribution in [3.05, 3.63) is 81.8 Å². The van der Waals surface area contributed by atoms with Gasteiger partial charge in [-0.25, -0.2) is 10.4 Å². The molecule has 3 aromatic rings. The number of H-pyrrole nitrogens is 1. The Bertz CT molecular complexity index is 1050. The maximum absolute atomic E-state index is 11.7. The second-order valence-electron chi connectivity index (χ2n) is 6.96. The molecule has 0 bridgehead atoms. The molecule has 2 aromatic carbocycles. The quantitative estimate of drug-likeness (QED) is 0.408. The van der Waals surface area contributed by atoms with Crippen molar-refractivity contribution in [3.63, 3.8) is 0 Å². The normalized spacial score (nSPS) is 11.1. The standard InChI is InChI=1S/C23H26N4O3/c1-4-29-21-12-18(10-11-20(21)30-15-17-8-6-5-7-9-17)14-24-27-23-25-19(16(2)3)13-22(28)26-23/h5-14,16H,4,15H2,1-3H3,(H2,25,26,27,28)/b24-14-. The van der Waals surface area contributed by atoms with Crippen molar-refractivity contribution in [2.24, 2.45) is 5.10 Å². The van der Waals surface area contributed by atoms with E-state index >= 15 is 0 Å². The molecule has 0 saturated heterocycles. The molecule has 0 atom stereocenters. The van der Waals surface area contributed by atoms with Crippen LogP contribution in [-0.2, 0) is 6.61 Å². The van der Waals surface area contributed by atoms with Crippen LogP contribution in [0.4, 0.5) is 5.95 Å². The topological polar surface area (TPSA) is 88.6 Å². The Kier molecular flexibility index (Phi) is 7.21. The maximum Gasteiger partial charge on any atom is 0.252 e. The van der Waals surface area contributed by atoms with Gasteiger partial charge in [0.25, 0.3) is 5.56 Å². The van der Waals surface area contributed by atoms with E-state index in [1.165, 1.54) is 6.07 Å². The number of benzene rings is 2. The third kappa shape index (κ3) is 5.94. The summed E-state index contributed by atoms with van der Waals surface area (Å²) < 4.78 is 11.6. The van der Waals surface area contributed by atoms with Gasteiger partial charge in [-0.15, -0.1) is 0 Å². The van der Waals surface area contributed by atoms with E-state index in [1.807, 2.05) is 69.3 Å². The van der Waals surface area contributed by atoms with Gasteiger partial charge in [0.05, 0.1) is 18.5 Å². The van der Waals surface area contributed by atoms with Crippen molar-refractivity contribution in [3.8, 4) is 11.5 Å². The van der Waals surface area contributed by atoms with Gasteiger partial charge in [0.2, 0.25) is 5.95 Å². The van der Waals surface area contributed by atoms with Crippen LogP contribution in [0.2, 0.25) is 0 Å². The summed E-state index contributed by atoms with van der Waals surface area (Å²) in [6.07, 6.45) is 1.63. The van der Waals surface area contributed by atoms with Crippen LogP contribution in [0.1, 0.15) is 43.5 Å². The highest BCUT2D eigenvalue weighted by Gasteiger charge is 2.07. The number of nitrogens with one attached hydrogen (secondary N) is 2. The first-order valence-electron chi connectivity index (χ1n) is 9.89. The Labute approximate surface area is 175 Å². The van der Waals surface area contributed by atoms with Crippen molar-refractivity contribution < 1.29 is 9.47 Å². The van der Waals surface area contributed by atoms with Gasteiger partial charge in [-0.05, 0) is 42.2 Å². The van der Waals surface area contributed by atoms with Gasteiger partial charge in [0.15, 0.2) is 11.5 Å². The van der Waals surface area contributed by atoms with E-state index in [-0.39, 0.29) is 11.5 Å². The highest BCUT2D eigenvalue weighted by Crippen LogP contribution is 2.29. The Balaban J connectivity index is 1.70. The van der Waals surface area contributed by atoms with Gasteiger partial charge < -0.3 is 9.47 Å². The number of hydrogen-bond acceptors (Lipinski definition) is 6. The summed E-state index contributed by atoms with van der Waals surface area (Å²) in [5, 5.41) is 4.17. The molecule has 7 heteroatoms. The van der Waals surface area contributed by atoms with Crippen molar-refractivity contribution in [2.75, 3.05) is 12.0 Å². The molecule has 3 rings (SSSR count). The van der Waals surface area contributed by atoms with Crippen LogP contribution >= 0.6 is 0 Å². The molecule has 0 fully saturated rings. The van der Waals surface area contributed by atoms with E-state index in [0.29, 0.717) is 36.4 Å². The van der Waals surface area contributed by atoms with Crippen LogP contribution in [0, 0.1) is 0 Å². The number of hydrazone groups is 1. The Morgan fingerprint density at radius 1 is 1.10 bits per heavy atom. The number of rotatable bonds is 9. The molecule has 0 spiro atoms. The fourth-order valence-electron chi connectivity index (χ4n) is 2.72. The second kappa shape index (κ2) is 10.2. The number of aromatic nitrogens is 2. The van der Waals surface area contributed by atoms with Crippen molar-refractivity contribution in [1.29, 1.82) is 0 Å². The summed E-state index contributed by atoms with van der Waals surface area (Å²) in [6.45, 7) is 6.86. The largest absolute Gasteiger partial charge is 0.490 e. The van der Waals surface area contributed by atoms with Gasteiger partial charge in [-0.2, -0.15) is 5.10 Å². The first-order chi connectivity index (χ1) is 14.5. The van der Waals surface area contributed by atoms with E-state index in [2.05, 4.69) is 20.5 Å². The summed E-state index contributed by atoms with van der Waals surface area (Å²) in [4.78, 5) is 18.7. The lowest BCUT2D eigenvalue weighted by atomic mass is 10.1. The average Bonchev–Trinajstić information content (AvgIpc) is 2.74. The van der Waals surface area contributed by atoms with Crippen molar-refractivity contribution >= 4 is 12.2 Å². The molecule has 0 saturated carbocycles. The predicted octanol–water partition coefficient (Wildman–Crippen LogP) is 4.32. The molecular weight excluding hydrogens is 380 g/mol. The highest BCUT2D eigenvalue weighted by atomic mass is 16.5. The van der Waals surface area contributed by atoms with E-state index in [0.717, 1.165) is 11.1 Å². The first kappa shape index (κ1) is 21.1. The summed E-state index contributed by atoms with van der Waals surface area (Å²) >= 11 is 0. The molecule has 0 aliphatic heterocycles. The van der Waals surface area contributed by atoms with Crippen LogP contribution in [0.5, 0.6) is 11.5 Å². The monoisotopic (exact) mass is 406 g/mol. The van der Waals surface area contributed by atoms with Crippen molar-refractivity contribution in [2.45, 2.75) is 33.3 Å². The average molecular weight is 406 g/mol. The Morgan fingerprint density at radius 2 is 1.90 bits per heavy atom. The highest BCUT2D eigenvalue weighted by molar-refractivity contribution is 5.81. The van der Waals surface area contributed by atoms with Gasteiger partial charge >= 0.3 is 0 Å². The molecule has 0 aliphatic rings. The zero-order chi connectivity index (χ0) is 21.3. The third-order valence-corrected chi connectivity index (χ3v) is 4.24. The Hall–Kier alpha value is -3.61. The molecule has 0 aliphatic carbocycles. The smallest absolute Gasteiger partial charge is 0.252 e. The van der Waals surface area contributed by atoms with Gasteiger partial charge in [-0.3, -0.25) is 9.78 Å². The summed E-state index contributed by atoms with van der Waals surface area (Å²) in [5.41, 5.74) is 5.16. The predicted molar refractivity (Wildman–Crippen MR) is 119 cm³/mol. The number of aromatic amines is 1. The van der Waals surface area contributed by atoms with Crippen LogP contribution in [0.3, 0.4) is 0 Å². The van der Waals surface area contributed by atoms with Crippen LogP contribution < -0.4 is 20.5 Å². The fourth-order valence-corrected chi connectivity index (χ4v) is 2.72. The van der Waals surface area contributed by atoms with E-state index in [9.17, 15) is 4.79 Å². The van der Waals surface area contributed by atoms with Gasteiger partial charge in [0, 0.05) is 6.07 Å². The SMILES string of the molecule is CCOc1cc(/C=N\Nc2nc(C(C)C)cc(=O)[nH]2)ccc1OCc1ccccc1. The molecule has 0 unspecified atom stereocenters. The molecule has 7 nitrogen and oxygen atoms in total. The summed E-state index contributed by atoms with van der Waals surface area (Å²) in [5.74, 6) is 1.76. The van der Waals surface area contributed by atoms with Crippen molar-refractivity contribution in [1.82, 2.24) is 9.97 Å². The second-order valence-corrected chi connectivity index (χ2v) is 6.96. The zero-order valence-electron chi connectivity index (χ0n) is 17.4. The maximum atomic E-state index is 11.7. The lowest BCUT2D eigenvalue weighted by molar-refractivity contribution is 0.269. The van der Waals surface area contributed by atoms with Gasteiger partial charge in [-0.1, -0.05) is 44.2 Å². The van der Waals surface area contributed by atoms with Crippen LogP contribution in [-0.4, -0.2) is 22.8 Å². The lowest BCUT2D eigenvalue weighted by Gasteiger charge is -2.12. The lowest BCUT2D eigenvalue weighted by Crippen LogP contribution is -2.12. The summed E-state index contributed by atoms with van der Waals surface area (Å²) in [7, 11) is 0. The minimum atomic E-state index is -0.218. The molecule has 0 amide bonds. The molecule has 1 heterocycles. The van der Waals surface area contributed by atoms with Crippen LogP contribution in [0.25, 0.3) is 0 Å². The molecular formula is C23H26N4O3. The zero-order valence-corrected chi connectivity index (χ0v) is 17.4. The molecule has 2 N–H and O–H groups in total. The van der Waals surface area contributed by atoms with Crippen LogP contribution in [0.15, 0.2) is 64.5 Å². The minimum absolute atomic E-state index is 0.147.